The Balaban J connectivity index is 2.12. The van der Waals surface area contributed by atoms with E-state index in [0.29, 0.717) is 12.4 Å². The van der Waals surface area contributed by atoms with Gasteiger partial charge in [0.2, 0.25) is 5.89 Å². The van der Waals surface area contributed by atoms with E-state index in [1.165, 1.54) is 0 Å². The SMILES string of the molecule is Cc1cccc(N)c1NCc1nc(C)c(C)o1. The van der Waals surface area contributed by atoms with Crippen molar-refractivity contribution in [3.8, 4) is 0 Å². The van der Waals surface area contributed by atoms with Crippen LogP contribution in [-0.4, -0.2) is 4.98 Å². The average Bonchev–Trinajstić information content (AvgIpc) is 2.58. The van der Waals surface area contributed by atoms with Crippen LogP contribution >= 0.6 is 0 Å². The molecule has 2 aromatic rings. The van der Waals surface area contributed by atoms with E-state index in [9.17, 15) is 0 Å². The largest absolute Gasteiger partial charge is 0.444 e. The molecule has 0 radical (unpaired) electrons. The fourth-order valence-electron chi connectivity index (χ4n) is 1.71. The van der Waals surface area contributed by atoms with Crippen molar-refractivity contribution in [2.45, 2.75) is 27.3 Å². The third-order valence-electron chi connectivity index (χ3n) is 2.79. The van der Waals surface area contributed by atoms with E-state index in [1.807, 2.05) is 39.0 Å². The molecular formula is C13H17N3O. The van der Waals surface area contributed by atoms with Crippen LogP contribution in [0.4, 0.5) is 11.4 Å². The van der Waals surface area contributed by atoms with E-state index in [0.717, 1.165) is 28.4 Å². The Hall–Kier alpha value is -1.97. The molecule has 0 fully saturated rings. The van der Waals surface area contributed by atoms with Gasteiger partial charge < -0.3 is 15.5 Å². The van der Waals surface area contributed by atoms with E-state index in [1.54, 1.807) is 0 Å². The Morgan fingerprint density at radius 3 is 2.65 bits per heavy atom. The molecule has 4 heteroatoms. The number of para-hydroxylation sites is 1. The molecule has 4 nitrogen and oxygen atoms in total. The number of hydrogen-bond donors (Lipinski definition) is 2. The van der Waals surface area contributed by atoms with Gasteiger partial charge in [0.05, 0.1) is 23.6 Å². The summed E-state index contributed by atoms with van der Waals surface area (Å²) < 4.78 is 5.50. The zero-order valence-corrected chi connectivity index (χ0v) is 10.4. The van der Waals surface area contributed by atoms with Gasteiger partial charge in [-0.05, 0) is 32.4 Å². The minimum Gasteiger partial charge on any atom is -0.444 e. The van der Waals surface area contributed by atoms with Crippen LogP contribution in [0, 0.1) is 20.8 Å². The highest BCUT2D eigenvalue weighted by Gasteiger charge is 2.07. The number of nitrogens with zero attached hydrogens (tertiary/aromatic N) is 1. The maximum atomic E-state index is 5.91. The first kappa shape index (κ1) is 11.5. The Morgan fingerprint density at radius 2 is 2.06 bits per heavy atom. The number of anilines is 2. The van der Waals surface area contributed by atoms with Crippen molar-refractivity contribution in [3.05, 3.63) is 41.1 Å². The van der Waals surface area contributed by atoms with Gasteiger partial charge >= 0.3 is 0 Å². The zero-order chi connectivity index (χ0) is 12.4. The normalized spacial score (nSPS) is 10.5. The average molecular weight is 231 g/mol. The van der Waals surface area contributed by atoms with Crippen LogP contribution in [0.15, 0.2) is 22.6 Å². The topological polar surface area (TPSA) is 64.1 Å². The molecule has 1 aromatic carbocycles. The van der Waals surface area contributed by atoms with Crippen LogP contribution in [0.25, 0.3) is 0 Å². The van der Waals surface area contributed by atoms with Crippen LogP contribution in [-0.2, 0) is 6.54 Å². The number of aromatic nitrogens is 1. The molecule has 0 amide bonds. The molecule has 0 unspecified atom stereocenters. The summed E-state index contributed by atoms with van der Waals surface area (Å²) in [7, 11) is 0. The Labute approximate surface area is 101 Å². The van der Waals surface area contributed by atoms with Crippen molar-refractivity contribution in [3.63, 3.8) is 0 Å². The third kappa shape index (κ3) is 2.41. The predicted molar refractivity (Wildman–Crippen MR) is 68.9 cm³/mol. The van der Waals surface area contributed by atoms with Crippen molar-refractivity contribution in [2.24, 2.45) is 0 Å². The highest BCUT2D eigenvalue weighted by atomic mass is 16.4. The van der Waals surface area contributed by atoms with Gasteiger partial charge in [-0.15, -0.1) is 0 Å². The number of hydrogen-bond acceptors (Lipinski definition) is 4. The van der Waals surface area contributed by atoms with Crippen molar-refractivity contribution in [2.75, 3.05) is 11.1 Å². The number of oxazole rings is 1. The van der Waals surface area contributed by atoms with Gasteiger partial charge in [-0.1, -0.05) is 12.1 Å². The zero-order valence-electron chi connectivity index (χ0n) is 10.4. The van der Waals surface area contributed by atoms with Crippen LogP contribution < -0.4 is 11.1 Å². The van der Waals surface area contributed by atoms with Gasteiger partial charge in [0.15, 0.2) is 0 Å². The molecule has 2 rings (SSSR count). The standard InChI is InChI=1S/C13H17N3O/c1-8-5-4-6-11(14)13(8)15-7-12-16-9(2)10(3)17-12/h4-6,15H,7,14H2,1-3H3. The first-order chi connectivity index (χ1) is 8.08. The minimum atomic E-state index is 0.545. The van der Waals surface area contributed by atoms with Crippen LogP contribution in [0.1, 0.15) is 22.9 Å². The molecule has 0 aliphatic heterocycles. The second-order valence-electron chi connectivity index (χ2n) is 4.14. The van der Waals surface area contributed by atoms with Gasteiger partial charge in [0.1, 0.15) is 5.76 Å². The van der Waals surface area contributed by atoms with Crippen LogP contribution in [0.2, 0.25) is 0 Å². The summed E-state index contributed by atoms with van der Waals surface area (Å²) in [6.45, 7) is 6.41. The quantitative estimate of drug-likeness (QED) is 0.797. The summed E-state index contributed by atoms with van der Waals surface area (Å²) in [5, 5.41) is 3.26. The molecule has 0 spiro atoms. The van der Waals surface area contributed by atoms with E-state index in [-0.39, 0.29) is 0 Å². The van der Waals surface area contributed by atoms with Crippen molar-refractivity contribution >= 4 is 11.4 Å². The Morgan fingerprint density at radius 1 is 1.29 bits per heavy atom. The highest BCUT2D eigenvalue weighted by molar-refractivity contribution is 5.69. The van der Waals surface area contributed by atoms with Crippen molar-refractivity contribution < 1.29 is 4.42 Å². The molecule has 0 aliphatic rings. The monoisotopic (exact) mass is 231 g/mol. The summed E-state index contributed by atoms with van der Waals surface area (Å²) in [6, 6.07) is 5.83. The smallest absolute Gasteiger partial charge is 0.213 e. The molecule has 0 bridgehead atoms. The van der Waals surface area contributed by atoms with Gasteiger partial charge in [-0.3, -0.25) is 0 Å². The van der Waals surface area contributed by atoms with Gasteiger partial charge in [-0.25, -0.2) is 4.98 Å². The second-order valence-corrected chi connectivity index (χ2v) is 4.14. The summed E-state index contributed by atoms with van der Waals surface area (Å²) >= 11 is 0. The number of nitrogens with two attached hydrogens (primary N) is 1. The maximum Gasteiger partial charge on any atom is 0.213 e. The van der Waals surface area contributed by atoms with Gasteiger partial charge in [0.25, 0.3) is 0 Å². The van der Waals surface area contributed by atoms with Crippen molar-refractivity contribution in [1.82, 2.24) is 4.98 Å². The molecule has 1 heterocycles. The molecule has 0 saturated heterocycles. The Bertz CT molecular complexity index is 492. The fourth-order valence-corrected chi connectivity index (χ4v) is 1.71. The van der Waals surface area contributed by atoms with E-state index < -0.39 is 0 Å². The molecule has 1 aromatic heterocycles. The van der Waals surface area contributed by atoms with Crippen molar-refractivity contribution in [1.29, 1.82) is 0 Å². The predicted octanol–water partition coefficient (Wildman–Crippen LogP) is 2.79. The molecule has 0 aliphatic carbocycles. The van der Waals surface area contributed by atoms with Gasteiger partial charge in [-0.2, -0.15) is 0 Å². The number of benzene rings is 1. The van der Waals surface area contributed by atoms with E-state index in [2.05, 4.69) is 10.3 Å². The first-order valence-corrected chi connectivity index (χ1v) is 5.60. The van der Waals surface area contributed by atoms with Crippen LogP contribution in [0.3, 0.4) is 0 Å². The molecule has 90 valence electrons. The molecule has 0 atom stereocenters. The lowest BCUT2D eigenvalue weighted by Crippen LogP contribution is -2.04. The maximum absolute atomic E-state index is 5.91. The van der Waals surface area contributed by atoms with Crippen LogP contribution in [0.5, 0.6) is 0 Å². The molecular weight excluding hydrogens is 214 g/mol. The van der Waals surface area contributed by atoms with E-state index in [4.69, 9.17) is 10.2 Å². The first-order valence-electron chi connectivity index (χ1n) is 5.60. The highest BCUT2D eigenvalue weighted by Crippen LogP contribution is 2.23. The lowest BCUT2D eigenvalue weighted by Gasteiger charge is -2.10. The number of aryl methyl sites for hydroxylation is 3. The number of rotatable bonds is 3. The summed E-state index contributed by atoms with van der Waals surface area (Å²) in [6.07, 6.45) is 0. The summed E-state index contributed by atoms with van der Waals surface area (Å²) in [5.41, 5.74) is 9.64. The number of nitrogens with one attached hydrogen (secondary N) is 1. The molecule has 17 heavy (non-hydrogen) atoms. The summed E-state index contributed by atoms with van der Waals surface area (Å²) in [4.78, 5) is 4.31. The summed E-state index contributed by atoms with van der Waals surface area (Å²) in [5.74, 6) is 1.54. The Kier molecular flexibility index (Phi) is 3.04. The number of nitrogen functional groups attached to an aromatic ring is 1. The molecule has 0 saturated carbocycles. The third-order valence-corrected chi connectivity index (χ3v) is 2.79. The van der Waals surface area contributed by atoms with Gasteiger partial charge in [0, 0.05) is 0 Å². The fraction of sp³-hybridized carbons (Fsp3) is 0.308. The minimum absolute atomic E-state index is 0.545. The second kappa shape index (κ2) is 4.49. The lowest BCUT2D eigenvalue weighted by atomic mass is 10.1. The van der Waals surface area contributed by atoms with E-state index >= 15 is 0 Å². The lowest BCUT2D eigenvalue weighted by molar-refractivity contribution is 0.478. The molecule has 3 N–H and O–H groups in total.